The topological polar surface area (TPSA) is 88.9 Å². The summed E-state index contributed by atoms with van der Waals surface area (Å²) in [5, 5.41) is 7.81. The van der Waals surface area contributed by atoms with Gasteiger partial charge in [0.25, 0.3) is 0 Å². The number of anilines is 1. The van der Waals surface area contributed by atoms with Gasteiger partial charge in [-0.25, -0.2) is 9.97 Å². The molecule has 0 bridgehead atoms. The van der Waals surface area contributed by atoms with Gasteiger partial charge in [0.1, 0.15) is 11.9 Å². The third kappa shape index (κ3) is 4.62. The summed E-state index contributed by atoms with van der Waals surface area (Å²) in [7, 11) is 0. The van der Waals surface area contributed by atoms with Gasteiger partial charge in [0.05, 0.1) is 0 Å². The van der Waals surface area contributed by atoms with Crippen LogP contribution in [0.1, 0.15) is 45.0 Å². The molecule has 2 aromatic rings. The summed E-state index contributed by atoms with van der Waals surface area (Å²) >= 11 is 1.36. The second kappa shape index (κ2) is 7.87. The van der Waals surface area contributed by atoms with E-state index in [0.717, 1.165) is 5.82 Å². The van der Waals surface area contributed by atoms with Crippen LogP contribution in [0.15, 0.2) is 24.0 Å². The van der Waals surface area contributed by atoms with E-state index in [2.05, 4.69) is 20.6 Å². The fraction of sp³-hybridized carbons (Fsp3) is 0.467. The molecule has 0 aliphatic rings. The van der Waals surface area contributed by atoms with E-state index in [1.165, 1.54) is 11.3 Å². The van der Waals surface area contributed by atoms with Gasteiger partial charge < -0.3 is 15.2 Å². The number of carbonyl (C=O) groups is 2. The fourth-order valence-corrected chi connectivity index (χ4v) is 2.68. The van der Waals surface area contributed by atoms with Crippen molar-refractivity contribution in [3.05, 3.63) is 29.8 Å². The highest BCUT2D eigenvalue weighted by atomic mass is 32.1. The molecule has 8 heteroatoms. The normalized spacial score (nSPS) is 12.2. The van der Waals surface area contributed by atoms with Crippen molar-refractivity contribution in [3.63, 3.8) is 0 Å². The van der Waals surface area contributed by atoms with Gasteiger partial charge in [-0.15, -0.1) is 11.3 Å². The van der Waals surface area contributed by atoms with Crippen molar-refractivity contribution in [3.8, 4) is 0 Å². The van der Waals surface area contributed by atoms with E-state index >= 15 is 0 Å². The van der Waals surface area contributed by atoms with Gasteiger partial charge in [-0.2, -0.15) is 0 Å². The van der Waals surface area contributed by atoms with Crippen LogP contribution in [0.4, 0.5) is 5.13 Å². The van der Waals surface area contributed by atoms with E-state index in [1.54, 1.807) is 24.0 Å². The Balaban J connectivity index is 1.80. The SMILES string of the molecule is CC(C)c1nccn1[C@@H](C)C(=O)NCCC(=O)Nc1nccs1. The smallest absolute Gasteiger partial charge is 0.242 e. The Morgan fingerprint density at radius 3 is 2.70 bits per heavy atom. The van der Waals surface area contributed by atoms with Gasteiger partial charge >= 0.3 is 0 Å². The number of rotatable bonds is 7. The molecule has 2 N–H and O–H groups in total. The first kappa shape index (κ1) is 17.1. The molecule has 0 aliphatic heterocycles. The van der Waals surface area contributed by atoms with E-state index < -0.39 is 0 Å². The number of aromatic nitrogens is 3. The molecule has 23 heavy (non-hydrogen) atoms. The van der Waals surface area contributed by atoms with E-state index in [0.29, 0.717) is 5.13 Å². The first-order chi connectivity index (χ1) is 11.0. The highest BCUT2D eigenvalue weighted by Crippen LogP contribution is 2.17. The maximum Gasteiger partial charge on any atom is 0.242 e. The summed E-state index contributed by atoms with van der Waals surface area (Å²) in [5.74, 6) is 0.809. The van der Waals surface area contributed by atoms with E-state index in [4.69, 9.17) is 0 Å². The Hall–Kier alpha value is -2.22. The minimum atomic E-state index is -0.364. The lowest BCUT2D eigenvalue weighted by Crippen LogP contribution is -2.33. The predicted molar refractivity (Wildman–Crippen MR) is 89.4 cm³/mol. The highest BCUT2D eigenvalue weighted by molar-refractivity contribution is 7.13. The molecule has 2 heterocycles. The minimum Gasteiger partial charge on any atom is -0.354 e. The van der Waals surface area contributed by atoms with Crippen LogP contribution in [0.3, 0.4) is 0 Å². The molecular weight excluding hydrogens is 314 g/mol. The Morgan fingerprint density at radius 1 is 1.26 bits per heavy atom. The number of hydrogen-bond donors (Lipinski definition) is 2. The number of amides is 2. The second-order valence-electron chi connectivity index (χ2n) is 5.45. The Labute approximate surface area is 139 Å². The number of nitrogens with one attached hydrogen (secondary N) is 2. The Kier molecular flexibility index (Phi) is 5.86. The Bertz CT molecular complexity index is 651. The van der Waals surface area contributed by atoms with E-state index in [-0.39, 0.29) is 36.7 Å². The van der Waals surface area contributed by atoms with Gasteiger partial charge in [0.15, 0.2) is 5.13 Å². The molecule has 0 unspecified atom stereocenters. The molecule has 0 aliphatic carbocycles. The zero-order chi connectivity index (χ0) is 16.8. The number of hydrogen-bond acceptors (Lipinski definition) is 5. The van der Waals surface area contributed by atoms with Gasteiger partial charge in [0, 0.05) is 42.9 Å². The van der Waals surface area contributed by atoms with Crippen LogP contribution in [-0.4, -0.2) is 32.9 Å². The van der Waals surface area contributed by atoms with Gasteiger partial charge in [0.2, 0.25) is 11.8 Å². The van der Waals surface area contributed by atoms with Crippen molar-refractivity contribution in [2.75, 3.05) is 11.9 Å². The predicted octanol–water partition coefficient (Wildman–Crippen LogP) is 2.17. The number of nitrogens with zero attached hydrogens (tertiary/aromatic N) is 3. The summed E-state index contributed by atoms with van der Waals surface area (Å²) in [6.07, 6.45) is 5.33. The molecule has 1 atom stereocenters. The molecule has 2 aromatic heterocycles. The molecule has 0 spiro atoms. The van der Waals surface area contributed by atoms with E-state index in [1.807, 2.05) is 25.3 Å². The minimum absolute atomic E-state index is 0.132. The van der Waals surface area contributed by atoms with Gasteiger partial charge in [-0.3, -0.25) is 9.59 Å². The molecule has 0 saturated carbocycles. The molecule has 0 radical (unpaired) electrons. The Morgan fingerprint density at radius 2 is 2.04 bits per heavy atom. The molecule has 0 aromatic carbocycles. The third-order valence-electron chi connectivity index (χ3n) is 3.34. The monoisotopic (exact) mass is 335 g/mol. The molecule has 0 saturated heterocycles. The maximum absolute atomic E-state index is 12.2. The molecule has 0 fully saturated rings. The van der Waals surface area contributed by atoms with Gasteiger partial charge in [-0.1, -0.05) is 13.8 Å². The molecule has 2 amide bonds. The summed E-state index contributed by atoms with van der Waals surface area (Å²) in [5.41, 5.74) is 0. The van der Waals surface area contributed by atoms with E-state index in [9.17, 15) is 9.59 Å². The quantitative estimate of drug-likeness (QED) is 0.811. The van der Waals surface area contributed by atoms with Crippen LogP contribution in [0.2, 0.25) is 0 Å². The van der Waals surface area contributed by atoms with Crippen LogP contribution in [0.5, 0.6) is 0 Å². The summed E-state index contributed by atoms with van der Waals surface area (Å²) in [4.78, 5) is 32.2. The molecular formula is C15H21N5O2S. The largest absolute Gasteiger partial charge is 0.354 e. The number of thiazole rings is 1. The highest BCUT2D eigenvalue weighted by Gasteiger charge is 2.19. The average molecular weight is 335 g/mol. The van der Waals surface area contributed by atoms with Crippen molar-refractivity contribution in [2.24, 2.45) is 0 Å². The zero-order valence-electron chi connectivity index (χ0n) is 13.4. The lowest BCUT2D eigenvalue weighted by atomic mass is 10.2. The van der Waals surface area contributed by atoms with Crippen molar-refractivity contribution in [1.82, 2.24) is 19.9 Å². The van der Waals surface area contributed by atoms with Crippen molar-refractivity contribution < 1.29 is 9.59 Å². The summed E-state index contributed by atoms with van der Waals surface area (Å²) in [6.45, 7) is 6.17. The summed E-state index contributed by atoms with van der Waals surface area (Å²) < 4.78 is 1.86. The molecule has 2 rings (SSSR count). The van der Waals surface area contributed by atoms with Crippen LogP contribution >= 0.6 is 11.3 Å². The van der Waals surface area contributed by atoms with Crippen molar-refractivity contribution in [2.45, 2.75) is 39.2 Å². The van der Waals surface area contributed by atoms with Crippen LogP contribution in [0.25, 0.3) is 0 Å². The zero-order valence-corrected chi connectivity index (χ0v) is 14.3. The number of imidazole rings is 1. The average Bonchev–Trinajstić information content (AvgIpc) is 3.17. The van der Waals surface area contributed by atoms with Crippen LogP contribution in [-0.2, 0) is 9.59 Å². The van der Waals surface area contributed by atoms with Gasteiger partial charge in [-0.05, 0) is 6.92 Å². The lowest BCUT2D eigenvalue weighted by Gasteiger charge is -2.17. The fourth-order valence-electron chi connectivity index (χ4n) is 2.14. The second-order valence-corrected chi connectivity index (χ2v) is 6.34. The first-order valence-corrected chi connectivity index (χ1v) is 8.36. The van der Waals surface area contributed by atoms with Crippen LogP contribution in [0, 0.1) is 0 Å². The van der Waals surface area contributed by atoms with Crippen LogP contribution < -0.4 is 10.6 Å². The molecule has 7 nitrogen and oxygen atoms in total. The third-order valence-corrected chi connectivity index (χ3v) is 4.03. The maximum atomic E-state index is 12.2. The molecule has 124 valence electrons. The first-order valence-electron chi connectivity index (χ1n) is 7.48. The standard InChI is InChI=1S/C15H21N5O2S/c1-10(2)13-16-6-8-20(13)11(3)14(22)17-5-4-12(21)19-15-18-7-9-23-15/h6-11H,4-5H2,1-3H3,(H,17,22)(H,18,19,21)/t11-/m0/s1. The van der Waals surface area contributed by atoms with Crippen molar-refractivity contribution >= 4 is 28.3 Å². The summed E-state index contributed by atoms with van der Waals surface area (Å²) in [6, 6.07) is -0.364. The lowest BCUT2D eigenvalue weighted by molar-refractivity contribution is -0.124. The number of carbonyl (C=O) groups excluding carboxylic acids is 2. The van der Waals surface area contributed by atoms with Crippen molar-refractivity contribution in [1.29, 1.82) is 0 Å².